The highest BCUT2D eigenvalue weighted by Crippen LogP contribution is 2.39. The Labute approximate surface area is 188 Å². The van der Waals surface area contributed by atoms with Gasteiger partial charge in [-0.3, -0.25) is 14.2 Å². The molecule has 7 heteroatoms. The lowest BCUT2D eigenvalue weighted by Crippen LogP contribution is -2.43. The lowest BCUT2D eigenvalue weighted by Gasteiger charge is -2.38. The van der Waals surface area contributed by atoms with Crippen molar-refractivity contribution < 1.29 is 4.74 Å². The number of piperidine rings is 1. The molecule has 0 radical (unpaired) electrons. The summed E-state index contributed by atoms with van der Waals surface area (Å²) in [6.07, 6.45) is 8.22. The summed E-state index contributed by atoms with van der Waals surface area (Å²) in [6.45, 7) is 9.05. The topological polar surface area (TPSA) is 64.3 Å². The average molecular weight is 434 g/mol. The van der Waals surface area contributed by atoms with Crippen molar-refractivity contribution in [3.8, 4) is 28.1 Å². The zero-order valence-electron chi connectivity index (χ0n) is 19.3. The number of aromatic nitrogens is 3. The number of fused-ring (bicyclic) bond motifs is 3. The van der Waals surface area contributed by atoms with Crippen LogP contribution in [0.4, 0.5) is 0 Å². The van der Waals surface area contributed by atoms with E-state index in [1.54, 1.807) is 13.2 Å². The Morgan fingerprint density at radius 1 is 1.12 bits per heavy atom. The van der Waals surface area contributed by atoms with Gasteiger partial charge in [0.25, 0.3) is 0 Å². The van der Waals surface area contributed by atoms with Gasteiger partial charge in [-0.05, 0) is 64.4 Å². The number of rotatable bonds is 4. The molecule has 1 aromatic carbocycles. The van der Waals surface area contributed by atoms with Crippen LogP contribution >= 0.6 is 0 Å². The third-order valence-corrected chi connectivity index (χ3v) is 6.72. The van der Waals surface area contributed by atoms with Gasteiger partial charge in [-0.15, -0.1) is 0 Å². The molecule has 0 atom stereocenters. The lowest BCUT2D eigenvalue weighted by molar-refractivity contribution is 0.343. The van der Waals surface area contributed by atoms with E-state index >= 15 is 0 Å². The first-order valence-corrected chi connectivity index (χ1v) is 11.4. The van der Waals surface area contributed by atoms with Crippen LogP contribution in [0.3, 0.4) is 0 Å². The van der Waals surface area contributed by atoms with Crippen molar-refractivity contribution in [2.24, 2.45) is 0 Å². The van der Waals surface area contributed by atoms with E-state index in [0.29, 0.717) is 6.04 Å². The monoisotopic (exact) mass is 433 g/mol. The number of ether oxygens (including phenoxy) is 1. The number of hydrogen-bond donors (Lipinski definition) is 1. The molecule has 168 valence electrons. The van der Waals surface area contributed by atoms with E-state index in [0.717, 1.165) is 66.2 Å². The molecule has 1 N–H and O–H groups in total. The molecule has 0 spiro atoms. The van der Waals surface area contributed by atoms with Gasteiger partial charge in [-0.1, -0.05) is 0 Å². The first-order valence-electron chi connectivity index (χ1n) is 11.4. The summed E-state index contributed by atoms with van der Waals surface area (Å²) in [7, 11) is 1.70. The lowest BCUT2D eigenvalue weighted by atomic mass is 9.95. The maximum atomic E-state index is 12.5. The molecule has 0 saturated carbocycles. The molecule has 4 heterocycles. The molecule has 2 aliphatic rings. The Morgan fingerprint density at radius 3 is 2.62 bits per heavy atom. The maximum absolute atomic E-state index is 12.5. The van der Waals surface area contributed by atoms with Crippen LogP contribution in [0.25, 0.3) is 22.4 Å². The fraction of sp³-hybridized carbons (Fsp3) is 0.440. The maximum Gasteiger partial charge on any atom is 0.185 e. The number of nitrogens with zero attached hydrogens (tertiary/aromatic N) is 4. The van der Waals surface area contributed by atoms with E-state index in [4.69, 9.17) is 4.74 Å². The first kappa shape index (κ1) is 20.8. The number of aryl methyl sites for hydroxylation is 1. The van der Waals surface area contributed by atoms with E-state index < -0.39 is 0 Å². The van der Waals surface area contributed by atoms with Crippen molar-refractivity contribution in [1.82, 2.24) is 19.8 Å². The van der Waals surface area contributed by atoms with Crippen LogP contribution in [0.2, 0.25) is 0 Å². The SMILES string of the molecule is COc1cc2c(cc1-c1cnn(C3CCNCC3)c1)CN(C(C)C)n1cc(C)c(=O)cc1-2. The molecule has 7 nitrogen and oxygen atoms in total. The van der Waals surface area contributed by atoms with Gasteiger partial charge in [0.05, 0.1) is 31.6 Å². The molecule has 2 aliphatic heterocycles. The van der Waals surface area contributed by atoms with Crippen molar-refractivity contribution in [3.63, 3.8) is 0 Å². The zero-order valence-corrected chi connectivity index (χ0v) is 19.3. The van der Waals surface area contributed by atoms with Crippen molar-refractivity contribution in [2.45, 2.75) is 52.2 Å². The normalized spacial score (nSPS) is 16.2. The van der Waals surface area contributed by atoms with Gasteiger partial charge in [0.1, 0.15) is 5.75 Å². The summed E-state index contributed by atoms with van der Waals surface area (Å²) in [6, 6.07) is 6.76. The molecule has 5 rings (SSSR count). The van der Waals surface area contributed by atoms with E-state index in [9.17, 15) is 4.79 Å². The second kappa shape index (κ2) is 8.13. The molecular weight excluding hydrogens is 402 g/mol. The second-order valence-electron chi connectivity index (χ2n) is 9.14. The molecule has 0 unspecified atom stereocenters. The Bertz CT molecular complexity index is 1200. The van der Waals surface area contributed by atoms with Gasteiger partial charge >= 0.3 is 0 Å². The minimum absolute atomic E-state index is 0.0547. The highest BCUT2D eigenvalue weighted by Gasteiger charge is 2.26. The molecule has 0 amide bonds. The van der Waals surface area contributed by atoms with Gasteiger partial charge in [0.2, 0.25) is 0 Å². The van der Waals surface area contributed by atoms with Crippen LogP contribution in [0.1, 0.15) is 43.9 Å². The van der Waals surface area contributed by atoms with E-state index in [1.165, 1.54) is 5.56 Å². The largest absolute Gasteiger partial charge is 0.496 e. The van der Waals surface area contributed by atoms with Crippen LogP contribution in [-0.2, 0) is 6.54 Å². The predicted octanol–water partition coefficient (Wildman–Crippen LogP) is 3.48. The quantitative estimate of drug-likeness (QED) is 0.683. The second-order valence-corrected chi connectivity index (χ2v) is 9.14. The first-order chi connectivity index (χ1) is 15.5. The molecule has 2 aromatic heterocycles. The van der Waals surface area contributed by atoms with Crippen LogP contribution in [0.15, 0.2) is 41.6 Å². The number of methoxy groups -OCH3 is 1. The fourth-order valence-corrected chi connectivity index (χ4v) is 4.85. The molecule has 3 aromatic rings. The van der Waals surface area contributed by atoms with Crippen molar-refractivity contribution in [3.05, 3.63) is 58.1 Å². The van der Waals surface area contributed by atoms with E-state index in [1.807, 2.05) is 19.3 Å². The van der Waals surface area contributed by atoms with E-state index in [2.05, 4.69) is 57.0 Å². The highest BCUT2D eigenvalue weighted by molar-refractivity contribution is 5.78. The van der Waals surface area contributed by atoms with Gasteiger partial charge in [0, 0.05) is 46.8 Å². The predicted molar refractivity (Wildman–Crippen MR) is 127 cm³/mol. The summed E-state index contributed by atoms with van der Waals surface area (Å²) in [5, 5.41) is 10.4. The molecule has 32 heavy (non-hydrogen) atoms. The Balaban J connectivity index is 1.61. The summed E-state index contributed by atoms with van der Waals surface area (Å²) in [5.74, 6) is 0.797. The van der Waals surface area contributed by atoms with Gasteiger partial charge < -0.3 is 15.1 Å². The Hall–Kier alpha value is -3.06. The number of nitrogens with one attached hydrogen (secondary N) is 1. The standard InChI is InChI=1S/C25H31N5O2/c1-16(2)29-15-18-9-22(19-12-27-28(14-19)20-5-7-26-8-6-20)25(32-4)10-21(18)23-11-24(31)17(3)13-30(23)29/h9-14,16,20,26H,5-8,15H2,1-4H3. The van der Waals surface area contributed by atoms with Crippen molar-refractivity contribution in [2.75, 3.05) is 25.2 Å². The molecular formula is C25H31N5O2. The van der Waals surface area contributed by atoms with Crippen molar-refractivity contribution in [1.29, 1.82) is 0 Å². The number of benzene rings is 1. The van der Waals surface area contributed by atoms with Crippen LogP contribution in [-0.4, -0.2) is 40.7 Å². The Morgan fingerprint density at radius 2 is 1.91 bits per heavy atom. The molecule has 0 bridgehead atoms. The zero-order chi connectivity index (χ0) is 22.4. The molecule has 1 fully saturated rings. The van der Waals surface area contributed by atoms with Gasteiger partial charge in [-0.2, -0.15) is 5.10 Å². The van der Waals surface area contributed by atoms with Crippen LogP contribution < -0.4 is 20.5 Å². The highest BCUT2D eigenvalue weighted by atomic mass is 16.5. The summed E-state index contributed by atoms with van der Waals surface area (Å²) in [5.41, 5.74) is 6.04. The summed E-state index contributed by atoms with van der Waals surface area (Å²) in [4.78, 5) is 12.5. The third kappa shape index (κ3) is 3.50. The van der Waals surface area contributed by atoms with Crippen LogP contribution in [0, 0.1) is 6.92 Å². The fourth-order valence-electron chi connectivity index (χ4n) is 4.85. The minimum Gasteiger partial charge on any atom is -0.496 e. The number of pyridine rings is 1. The number of hydrogen-bond acceptors (Lipinski definition) is 5. The van der Waals surface area contributed by atoms with Crippen LogP contribution in [0.5, 0.6) is 5.75 Å². The summed E-state index contributed by atoms with van der Waals surface area (Å²) >= 11 is 0. The third-order valence-electron chi connectivity index (χ3n) is 6.72. The smallest absolute Gasteiger partial charge is 0.185 e. The van der Waals surface area contributed by atoms with Crippen molar-refractivity contribution >= 4 is 0 Å². The molecule has 0 aliphatic carbocycles. The Kier molecular flexibility index (Phi) is 5.29. The summed E-state index contributed by atoms with van der Waals surface area (Å²) < 4.78 is 10.0. The van der Waals surface area contributed by atoms with Gasteiger partial charge in [-0.25, -0.2) is 0 Å². The molecule has 1 saturated heterocycles. The van der Waals surface area contributed by atoms with E-state index in [-0.39, 0.29) is 11.5 Å². The minimum atomic E-state index is 0.0547. The average Bonchev–Trinajstić information content (AvgIpc) is 3.29. The van der Waals surface area contributed by atoms with Gasteiger partial charge in [0.15, 0.2) is 5.43 Å².